The summed E-state index contributed by atoms with van der Waals surface area (Å²) in [7, 11) is 0. The lowest BCUT2D eigenvalue weighted by Gasteiger charge is -2.24. The number of carboxylic acid groups (broad SMARTS) is 1. The van der Waals surface area contributed by atoms with Crippen LogP contribution >= 0.6 is 0 Å². The Hall–Kier alpha value is -1.35. The molecule has 1 atom stereocenters. The normalized spacial score (nSPS) is 14.1. The van der Waals surface area contributed by atoms with Crippen LogP contribution < -0.4 is 5.73 Å². The first-order chi connectivity index (χ1) is 8.58. The maximum absolute atomic E-state index is 11.3. The number of unbranched alkanes of at least 4 members (excludes halogenated alkanes) is 2. The Morgan fingerprint density at radius 2 is 1.89 bits per heavy atom. The summed E-state index contributed by atoms with van der Waals surface area (Å²) in [6, 6.07) is 9.90. The van der Waals surface area contributed by atoms with Gasteiger partial charge in [-0.25, -0.2) is 0 Å². The van der Waals surface area contributed by atoms with Gasteiger partial charge in [-0.2, -0.15) is 0 Å². The Balaban J connectivity index is 2.54. The van der Waals surface area contributed by atoms with Crippen LogP contribution in [0.25, 0.3) is 0 Å². The third kappa shape index (κ3) is 4.49. The van der Waals surface area contributed by atoms with Crippen molar-refractivity contribution in [3.05, 3.63) is 35.9 Å². The van der Waals surface area contributed by atoms with Gasteiger partial charge in [0.25, 0.3) is 0 Å². The predicted molar refractivity (Wildman–Crippen MR) is 73.5 cm³/mol. The van der Waals surface area contributed by atoms with Crippen molar-refractivity contribution in [1.82, 2.24) is 0 Å². The second-order valence-electron chi connectivity index (χ2n) is 4.90. The van der Waals surface area contributed by atoms with Crippen molar-refractivity contribution >= 4 is 5.97 Å². The summed E-state index contributed by atoms with van der Waals surface area (Å²) in [4.78, 5) is 11.3. The van der Waals surface area contributed by atoms with Crippen LogP contribution in [0.2, 0.25) is 0 Å². The molecular formula is C15H23NO2. The first-order valence-electron chi connectivity index (χ1n) is 6.64. The van der Waals surface area contributed by atoms with Crippen molar-refractivity contribution < 1.29 is 9.90 Å². The van der Waals surface area contributed by atoms with Gasteiger partial charge in [0, 0.05) is 0 Å². The van der Waals surface area contributed by atoms with Gasteiger partial charge < -0.3 is 10.8 Å². The standard InChI is InChI=1S/C15H23NO2/c1-2-3-7-11-15(16,14(17)18)12-10-13-8-5-4-6-9-13/h4-6,8-9H,2-3,7,10-12,16H2,1H3,(H,17,18). The van der Waals surface area contributed by atoms with E-state index in [9.17, 15) is 9.90 Å². The van der Waals surface area contributed by atoms with Crippen LogP contribution in [0.4, 0.5) is 0 Å². The molecule has 1 rings (SSSR count). The molecule has 1 aromatic carbocycles. The molecular weight excluding hydrogens is 226 g/mol. The molecule has 3 N–H and O–H groups in total. The zero-order chi connectivity index (χ0) is 13.4. The monoisotopic (exact) mass is 249 g/mol. The maximum Gasteiger partial charge on any atom is 0.323 e. The molecule has 0 saturated heterocycles. The molecule has 0 aliphatic heterocycles. The quantitative estimate of drug-likeness (QED) is 0.696. The molecule has 1 aromatic rings. The highest BCUT2D eigenvalue weighted by molar-refractivity contribution is 5.78. The average molecular weight is 249 g/mol. The Morgan fingerprint density at radius 1 is 1.22 bits per heavy atom. The molecule has 100 valence electrons. The van der Waals surface area contributed by atoms with E-state index in [1.54, 1.807) is 0 Å². The van der Waals surface area contributed by atoms with Gasteiger partial charge in [0.15, 0.2) is 0 Å². The maximum atomic E-state index is 11.3. The molecule has 0 aliphatic carbocycles. The second kappa shape index (κ2) is 7.17. The fourth-order valence-corrected chi connectivity index (χ4v) is 2.04. The van der Waals surface area contributed by atoms with Crippen LogP contribution in [0.3, 0.4) is 0 Å². The number of hydrogen-bond acceptors (Lipinski definition) is 2. The van der Waals surface area contributed by atoms with E-state index in [-0.39, 0.29) is 0 Å². The van der Waals surface area contributed by atoms with Gasteiger partial charge in [-0.1, -0.05) is 56.5 Å². The topological polar surface area (TPSA) is 63.3 Å². The van der Waals surface area contributed by atoms with Crippen LogP contribution in [0, 0.1) is 0 Å². The van der Waals surface area contributed by atoms with Crippen molar-refractivity contribution in [3.8, 4) is 0 Å². The van der Waals surface area contributed by atoms with Crippen LogP contribution in [0.15, 0.2) is 30.3 Å². The number of benzene rings is 1. The third-order valence-corrected chi connectivity index (χ3v) is 3.35. The highest BCUT2D eigenvalue weighted by atomic mass is 16.4. The highest BCUT2D eigenvalue weighted by Crippen LogP contribution is 2.19. The molecule has 0 amide bonds. The molecule has 3 nitrogen and oxygen atoms in total. The van der Waals surface area contributed by atoms with Gasteiger partial charge in [0.2, 0.25) is 0 Å². The molecule has 0 aromatic heterocycles. The average Bonchev–Trinajstić information content (AvgIpc) is 2.38. The Morgan fingerprint density at radius 3 is 2.44 bits per heavy atom. The van der Waals surface area contributed by atoms with E-state index in [0.717, 1.165) is 31.2 Å². The molecule has 1 unspecified atom stereocenters. The lowest BCUT2D eigenvalue weighted by Crippen LogP contribution is -2.48. The van der Waals surface area contributed by atoms with Crippen LogP contribution in [-0.4, -0.2) is 16.6 Å². The van der Waals surface area contributed by atoms with Gasteiger partial charge in [-0.3, -0.25) is 4.79 Å². The Kier molecular flexibility index (Phi) is 5.86. The van der Waals surface area contributed by atoms with Crippen molar-refractivity contribution in [2.24, 2.45) is 5.73 Å². The summed E-state index contributed by atoms with van der Waals surface area (Å²) in [6.07, 6.45) is 4.77. The van der Waals surface area contributed by atoms with Crippen LogP contribution in [0.5, 0.6) is 0 Å². The summed E-state index contributed by atoms with van der Waals surface area (Å²) >= 11 is 0. The summed E-state index contributed by atoms with van der Waals surface area (Å²) in [5, 5.41) is 9.28. The van der Waals surface area contributed by atoms with E-state index in [4.69, 9.17) is 5.73 Å². The van der Waals surface area contributed by atoms with E-state index in [1.165, 1.54) is 0 Å². The highest BCUT2D eigenvalue weighted by Gasteiger charge is 2.32. The number of hydrogen-bond donors (Lipinski definition) is 2. The SMILES string of the molecule is CCCCCC(N)(CCc1ccccc1)C(=O)O. The summed E-state index contributed by atoms with van der Waals surface area (Å²) in [5.41, 5.74) is 6.09. The Labute approximate surface area is 109 Å². The Bertz CT molecular complexity index is 364. The lowest BCUT2D eigenvalue weighted by molar-refractivity contribution is -0.144. The number of carbonyl (C=O) groups is 1. The van der Waals surface area contributed by atoms with Gasteiger partial charge in [0.1, 0.15) is 5.54 Å². The van der Waals surface area contributed by atoms with Gasteiger partial charge in [-0.05, 0) is 24.8 Å². The van der Waals surface area contributed by atoms with E-state index in [1.807, 2.05) is 30.3 Å². The first-order valence-corrected chi connectivity index (χ1v) is 6.64. The molecule has 0 heterocycles. The lowest BCUT2D eigenvalue weighted by atomic mass is 9.87. The zero-order valence-electron chi connectivity index (χ0n) is 11.1. The minimum absolute atomic E-state index is 0.496. The molecule has 0 saturated carbocycles. The molecule has 0 spiro atoms. The summed E-state index contributed by atoms with van der Waals surface area (Å²) < 4.78 is 0. The fourth-order valence-electron chi connectivity index (χ4n) is 2.04. The summed E-state index contributed by atoms with van der Waals surface area (Å²) in [5.74, 6) is -0.880. The van der Waals surface area contributed by atoms with E-state index in [0.29, 0.717) is 12.8 Å². The van der Waals surface area contributed by atoms with Crippen LogP contribution in [-0.2, 0) is 11.2 Å². The zero-order valence-corrected chi connectivity index (χ0v) is 11.1. The van der Waals surface area contributed by atoms with E-state index in [2.05, 4.69) is 6.92 Å². The van der Waals surface area contributed by atoms with Crippen molar-refractivity contribution in [3.63, 3.8) is 0 Å². The van der Waals surface area contributed by atoms with Crippen molar-refractivity contribution in [2.45, 2.75) is 51.0 Å². The summed E-state index contributed by atoms with van der Waals surface area (Å²) in [6.45, 7) is 2.10. The van der Waals surface area contributed by atoms with Gasteiger partial charge in [-0.15, -0.1) is 0 Å². The third-order valence-electron chi connectivity index (χ3n) is 3.35. The number of aliphatic carboxylic acids is 1. The minimum Gasteiger partial charge on any atom is -0.480 e. The molecule has 0 aliphatic rings. The molecule has 0 bridgehead atoms. The van der Waals surface area contributed by atoms with Crippen LogP contribution in [0.1, 0.15) is 44.6 Å². The smallest absolute Gasteiger partial charge is 0.323 e. The number of aryl methyl sites for hydroxylation is 1. The second-order valence-corrected chi connectivity index (χ2v) is 4.90. The number of nitrogens with two attached hydrogens (primary N) is 1. The largest absolute Gasteiger partial charge is 0.480 e. The fraction of sp³-hybridized carbons (Fsp3) is 0.533. The molecule has 0 fully saturated rings. The van der Waals surface area contributed by atoms with Crippen molar-refractivity contribution in [2.75, 3.05) is 0 Å². The molecule has 3 heteroatoms. The van der Waals surface area contributed by atoms with E-state index < -0.39 is 11.5 Å². The first kappa shape index (κ1) is 14.7. The van der Waals surface area contributed by atoms with Crippen molar-refractivity contribution in [1.29, 1.82) is 0 Å². The number of carboxylic acids is 1. The van der Waals surface area contributed by atoms with Gasteiger partial charge in [0.05, 0.1) is 0 Å². The number of rotatable bonds is 8. The minimum atomic E-state index is -1.08. The predicted octanol–water partition coefficient (Wildman–Crippen LogP) is 2.98. The molecule has 0 radical (unpaired) electrons. The van der Waals surface area contributed by atoms with Gasteiger partial charge >= 0.3 is 5.97 Å². The van der Waals surface area contributed by atoms with E-state index >= 15 is 0 Å². The molecule has 18 heavy (non-hydrogen) atoms.